The van der Waals surface area contributed by atoms with Crippen LogP contribution in [0.1, 0.15) is 94.0 Å². The molecule has 2 aliphatic rings. The van der Waals surface area contributed by atoms with Crippen molar-refractivity contribution in [2.45, 2.75) is 116 Å². The second-order valence-electron chi connectivity index (χ2n) is 22.9. The van der Waals surface area contributed by atoms with Crippen LogP contribution in [-0.2, 0) is 103 Å². The summed E-state index contributed by atoms with van der Waals surface area (Å²) in [4.78, 5) is 87.2. The molecule has 31 nitrogen and oxygen atoms in total. The van der Waals surface area contributed by atoms with E-state index in [0.717, 1.165) is 16.5 Å². The van der Waals surface area contributed by atoms with E-state index >= 15 is 0 Å². The molecular formula is C66H97N11O20. The number of nitrogens with two attached hydrogens (primary N) is 1. The average Bonchev–Trinajstić information content (AvgIpc) is 1.60. The van der Waals surface area contributed by atoms with Gasteiger partial charge in [0, 0.05) is 46.6 Å². The quantitative estimate of drug-likeness (QED) is 0.00686. The summed E-state index contributed by atoms with van der Waals surface area (Å²) in [6, 6.07) is 12.0. The van der Waals surface area contributed by atoms with Crippen molar-refractivity contribution in [2.75, 3.05) is 150 Å². The van der Waals surface area contributed by atoms with Crippen LogP contribution in [0, 0.1) is 5.92 Å². The second kappa shape index (κ2) is 43.7. The average molecular weight is 1360 g/mol. The van der Waals surface area contributed by atoms with E-state index in [1.165, 1.54) is 0 Å². The number of rotatable bonds is 51. The number of amides is 4. The molecule has 2 aromatic carbocycles. The van der Waals surface area contributed by atoms with Crippen LogP contribution in [0.15, 0.2) is 58.4 Å². The number of hydrogen-bond acceptors (Lipinski definition) is 24. The Balaban J connectivity index is 0.809. The smallest absolute Gasteiger partial charge is 0.407 e. The number of alkyl carbamates (subject to hydrolysis) is 1. The van der Waals surface area contributed by atoms with Gasteiger partial charge >= 0.3 is 12.1 Å². The number of aliphatic hydroxyl groups excluding tert-OH is 1. The molecule has 0 fully saturated rings. The first-order valence-corrected chi connectivity index (χ1v) is 33.1. The third kappa shape index (κ3) is 26.4. The normalized spacial score (nSPS) is 14.8. The van der Waals surface area contributed by atoms with Gasteiger partial charge in [0.05, 0.1) is 155 Å². The Hall–Kier alpha value is -7.46. The van der Waals surface area contributed by atoms with E-state index in [-0.39, 0.29) is 94.6 Å². The van der Waals surface area contributed by atoms with E-state index in [1.54, 1.807) is 61.7 Å². The predicted molar refractivity (Wildman–Crippen MR) is 354 cm³/mol. The molecular weight excluding hydrogens is 1270 g/mol. The van der Waals surface area contributed by atoms with Gasteiger partial charge in [0.1, 0.15) is 31.0 Å². The molecule has 31 heteroatoms. The summed E-state index contributed by atoms with van der Waals surface area (Å²) >= 11 is 0. The molecule has 0 saturated carbocycles. The number of aromatic nitrogens is 2. The number of azide groups is 1. The van der Waals surface area contributed by atoms with E-state index in [2.05, 4.69) is 36.6 Å². The minimum Gasteiger partial charge on any atom is -0.494 e. The number of anilines is 1. The van der Waals surface area contributed by atoms with Crippen LogP contribution in [0.4, 0.5) is 10.5 Å². The van der Waals surface area contributed by atoms with Crippen molar-refractivity contribution in [1.29, 1.82) is 0 Å². The van der Waals surface area contributed by atoms with Gasteiger partial charge in [-0.1, -0.05) is 44.9 Å². The number of aliphatic hydroxyl groups is 2. The Labute approximate surface area is 564 Å². The van der Waals surface area contributed by atoms with Crippen molar-refractivity contribution < 1.29 is 91.0 Å². The van der Waals surface area contributed by atoms with Gasteiger partial charge in [0.2, 0.25) is 17.7 Å². The van der Waals surface area contributed by atoms with Gasteiger partial charge < -0.3 is 92.9 Å². The van der Waals surface area contributed by atoms with Crippen LogP contribution in [0.2, 0.25) is 0 Å². The van der Waals surface area contributed by atoms with Crippen molar-refractivity contribution in [3.8, 4) is 17.1 Å². The molecule has 0 spiro atoms. The molecule has 97 heavy (non-hydrogen) atoms. The highest BCUT2D eigenvalue weighted by Crippen LogP contribution is 2.41. The van der Waals surface area contributed by atoms with Gasteiger partial charge in [-0.3, -0.25) is 30.2 Å². The molecule has 0 saturated heterocycles. The van der Waals surface area contributed by atoms with Crippen LogP contribution in [-0.4, -0.2) is 213 Å². The van der Waals surface area contributed by atoms with E-state index in [9.17, 15) is 39.0 Å². The Morgan fingerprint density at radius 2 is 1.34 bits per heavy atom. The van der Waals surface area contributed by atoms with Crippen molar-refractivity contribution in [1.82, 2.24) is 30.8 Å². The number of pyridine rings is 2. The monoisotopic (exact) mass is 1360 g/mol. The topological polar surface area (TPSA) is 406 Å². The van der Waals surface area contributed by atoms with Gasteiger partial charge in [-0.05, 0) is 104 Å². The molecule has 1 unspecified atom stereocenters. The Kier molecular flexibility index (Phi) is 35.4. The summed E-state index contributed by atoms with van der Waals surface area (Å²) in [5, 5.41) is 38.9. The number of fused-ring (bicyclic) bond motifs is 5. The molecule has 536 valence electrons. The van der Waals surface area contributed by atoms with Gasteiger partial charge in [-0.15, -0.1) is 0 Å². The fourth-order valence-electron chi connectivity index (χ4n) is 10.4. The zero-order chi connectivity index (χ0) is 69.6. The van der Waals surface area contributed by atoms with Crippen LogP contribution in [0.25, 0.3) is 32.7 Å². The number of benzene rings is 2. The molecule has 0 aliphatic carbocycles. The van der Waals surface area contributed by atoms with E-state index in [0.29, 0.717) is 172 Å². The molecule has 4 aromatic rings. The lowest BCUT2D eigenvalue weighted by atomic mass is 9.86. The standard InChI is InChI=1S/C66H97N11O20/c1-5-49-50-40-48(15-16-54(50)73-59-51(49)42-77-56(59)41-53-52(62(77)81)44-96-63(82)66(53,85)6-2)95-21-9-19-70-65(84)97-43-46-11-13-47(14-12-46)72-60(79)55(10-7-8-18-69-64(67)83)74-61(80)58(45(3)4)75-57(78)17-22-86-24-26-88-28-30-90-32-34-92-36-38-94-39-37-93-35-33-91-31-29-89-27-25-87-23-20-71-76-68/h11-16,40-41,45,55,58,64,69,83,85H,5-10,17-39,42-44,67H2,1-4H3,(H,70,84)(H,72,79)(H,74,80)(H,75,78)/t55-,58-,64?,66-/m0/s1. The molecule has 0 bridgehead atoms. The number of unbranched alkanes of at least 4 members (excludes halogenated alkanes) is 1. The van der Waals surface area contributed by atoms with Crippen molar-refractivity contribution >= 4 is 46.4 Å². The van der Waals surface area contributed by atoms with Gasteiger partial charge in [0.15, 0.2) is 12.0 Å². The molecule has 2 aliphatic heterocycles. The number of ether oxygens (including phenoxy) is 12. The lowest BCUT2D eigenvalue weighted by molar-refractivity contribution is -0.172. The second-order valence-corrected chi connectivity index (χ2v) is 22.9. The molecule has 6 rings (SSSR count). The largest absolute Gasteiger partial charge is 0.494 e. The number of cyclic esters (lactones) is 1. The number of nitrogens with zero attached hydrogens (tertiary/aromatic N) is 5. The third-order valence-electron chi connectivity index (χ3n) is 15.6. The van der Waals surface area contributed by atoms with Crippen LogP contribution < -0.4 is 42.6 Å². The Morgan fingerprint density at radius 3 is 1.91 bits per heavy atom. The first kappa shape index (κ1) is 78.5. The SMILES string of the molecule is CCc1c2c(nc3ccc(OCCCNC(=O)OCc4ccc(NC(=O)[C@H](CCCCNC(N)O)NC(=O)[C@@H](NC(=O)CCOCCOCCOCCOCCOCCOCCOCCOCCOCCN=[N+]=[N-])C(C)C)cc4)cc13)-c1cc3c(c(=O)n1C2)COC(=O)[C@]3(O)CC. The zero-order valence-corrected chi connectivity index (χ0v) is 56.1. The molecule has 2 aromatic heterocycles. The maximum Gasteiger partial charge on any atom is 0.407 e. The highest BCUT2D eigenvalue weighted by molar-refractivity contribution is 5.98. The fourth-order valence-corrected chi connectivity index (χ4v) is 10.4. The molecule has 4 amide bonds. The summed E-state index contributed by atoms with van der Waals surface area (Å²) in [6.45, 7) is 15.4. The zero-order valence-electron chi connectivity index (χ0n) is 56.1. The summed E-state index contributed by atoms with van der Waals surface area (Å²) in [5.41, 5.74) is 16.7. The Bertz CT molecular complexity index is 3210. The van der Waals surface area contributed by atoms with Crippen molar-refractivity contribution in [3.63, 3.8) is 0 Å². The first-order chi connectivity index (χ1) is 47.1. The molecule has 0 radical (unpaired) electrons. The fraction of sp³-hybridized carbons (Fsp3) is 0.621. The highest BCUT2D eigenvalue weighted by Gasteiger charge is 2.45. The molecule has 4 heterocycles. The maximum atomic E-state index is 13.8. The summed E-state index contributed by atoms with van der Waals surface area (Å²) < 4.78 is 67.6. The highest BCUT2D eigenvalue weighted by atomic mass is 16.6. The Morgan fingerprint density at radius 1 is 0.742 bits per heavy atom. The lowest BCUT2D eigenvalue weighted by Crippen LogP contribution is -2.54. The van der Waals surface area contributed by atoms with Gasteiger partial charge in [-0.2, -0.15) is 0 Å². The maximum absolute atomic E-state index is 13.8. The molecule has 9 N–H and O–H groups in total. The summed E-state index contributed by atoms with van der Waals surface area (Å²) in [6.07, 6.45) is 0.567. The van der Waals surface area contributed by atoms with Gasteiger partial charge in [-0.25, -0.2) is 14.6 Å². The number of carbonyl (C=O) groups excluding carboxylic acids is 5. The molecule has 4 atom stereocenters. The van der Waals surface area contributed by atoms with Crippen LogP contribution >= 0.6 is 0 Å². The number of aryl methyl sites for hydroxylation is 1. The van der Waals surface area contributed by atoms with E-state index in [1.807, 2.05) is 19.1 Å². The summed E-state index contributed by atoms with van der Waals surface area (Å²) in [7, 11) is 0. The van der Waals surface area contributed by atoms with Crippen LogP contribution in [0.5, 0.6) is 5.75 Å². The van der Waals surface area contributed by atoms with Crippen molar-refractivity contribution in [2.24, 2.45) is 16.8 Å². The lowest BCUT2D eigenvalue weighted by Gasteiger charge is -2.31. The minimum atomic E-state index is -1.92. The third-order valence-corrected chi connectivity index (χ3v) is 15.6. The number of esters is 1. The van der Waals surface area contributed by atoms with E-state index in [4.69, 9.17) is 73.1 Å². The van der Waals surface area contributed by atoms with Gasteiger partial charge in [0.25, 0.3) is 5.56 Å². The number of hydrogen-bond donors (Lipinski definition) is 8. The summed E-state index contributed by atoms with van der Waals surface area (Å²) in [5.74, 6) is -1.94. The van der Waals surface area contributed by atoms with Crippen molar-refractivity contribution in [3.05, 3.63) is 97.1 Å². The van der Waals surface area contributed by atoms with E-state index < -0.39 is 53.8 Å². The minimum absolute atomic E-state index is 0.0143. The number of carbonyl (C=O) groups is 5. The predicted octanol–water partition coefficient (Wildman–Crippen LogP) is 3.75. The number of nitrogens with one attached hydrogen (secondary N) is 5. The van der Waals surface area contributed by atoms with Crippen LogP contribution in [0.3, 0.4) is 0 Å². The first-order valence-electron chi connectivity index (χ1n) is 33.1.